The van der Waals surface area contributed by atoms with E-state index in [0.717, 1.165) is 12.0 Å². The van der Waals surface area contributed by atoms with E-state index < -0.39 is 0 Å². The van der Waals surface area contributed by atoms with Crippen molar-refractivity contribution in [3.05, 3.63) is 42.2 Å². The summed E-state index contributed by atoms with van der Waals surface area (Å²) in [5.74, 6) is -0.178. The number of carbonyl (C=O) groups is 1. The van der Waals surface area contributed by atoms with E-state index >= 15 is 0 Å². The number of nitrogens with zero attached hydrogens (tertiary/aromatic N) is 1. The maximum Gasteiger partial charge on any atom is 0.309 e. The minimum atomic E-state index is -0.178. The van der Waals surface area contributed by atoms with Crippen LogP contribution in [0.2, 0.25) is 0 Å². The number of ether oxygens (including phenoxy) is 1. The van der Waals surface area contributed by atoms with Gasteiger partial charge in [-0.25, -0.2) is 0 Å². The van der Waals surface area contributed by atoms with Gasteiger partial charge < -0.3 is 4.74 Å². The highest BCUT2D eigenvalue weighted by Gasteiger charge is 2.00. The molecular weight excluding hydrogens is 310 g/mol. The third-order valence-corrected chi connectivity index (χ3v) is 4.30. The summed E-state index contributed by atoms with van der Waals surface area (Å²) in [6, 6.07) is 3.75. The first-order chi connectivity index (χ1) is 12.3. The Bertz CT molecular complexity index is 456. The maximum atomic E-state index is 11.6. The molecular formula is C22H35NO2. The second kappa shape index (κ2) is 15.9. The van der Waals surface area contributed by atoms with Crippen LogP contribution in [-0.2, 0) is 16.1 Å². The van der Waals surface area contributed by atoms with E-state index in [4.69, 9.17) is 4.74 Å². The molecule has 0 fully saturated rings. The topological polar surface area (TPSA) is 39.2 Å². The molecule has 0 bridgehead atoms. The van der Waals surface area contributed by atoms with E-state index in [1.165, 1.54) is 64.2 Å². The van der Waals surface area contributed by atoms with Crippen LogP contribution in [0.5, 0.6) is 0 Å². The Balaban J connectivity index is 1.87. The summed E-state index contributed by atoms with van der Waals surface area (Å²) in [5, 5.41) is 0. The van der Waals surface area contributed by atoms with E-state index in [2.05, 4.69) is 18.0 Å². The Morgan fingerprint density at radius 1 is 1.00 bits per heavy atom. The van der Waals surface area contributed by atoms with E-state index in [1.54, 1.807) is 12.4 Å². The van der Waals surface area contributed by atoms with Gasteiger partial charge in [0, 0.05) is 18.0 Å². The van der Waals surface area contributed by atoms with Gasteiger partial charge in [0.2, 0.25) is 0 Å². The highest BCUT2D eigenvalue weighted by molar-refractivity contribution is 5.71. The smallest absolute Gasteiger partial charge is 0.309 e. The molecule has 0 saturated heterocycles. The molecule has 0 unspecified atom stereocenters. The zero-order valence-electron chi connectivity index (χ0n) is 15.9. The van der Waals surface area contributed by atoms with Gasteiger partial charge in [-0.3, -0.25) is 9.78 Å². The number of aromatic nitrogens is 1. The molecule has 3 heteroatoms. The molecule has 0 aliphatic rings. The molecule has 3 nitrogen and oxygen atoms in total. The van der Waals surface area contributed by atoms with Crippen molar-refractivity contribution in [2.75, 3.05) is 0 Å². The molecule has 1 heterocycles. The van der Waals surface area contributed by atoms with Gasteiger partial charge in [-0.15, -0.1) is 0 Å². The van der Waals surface area contributed by atoms with Crippen LogP contribution in [0.4, 0.5) is 0 Å². The van der Waals surface area contributed by atoms with Crippen LogP contribution in [0, 0.1) is 0 Å². The van der Waals surface area contributed by atoms with Crippen LogP contribution in [0.3, 0.4) is 0 Å². The summed E-state index contributed by atoms with van der Waals surface area (Å²) in [4.78, 5) is 15.6. The van der Waals surface area contributed by atoms with Crippen LogP contribution in [0.25, 0.3) is 0 Å². The van der Waals surface area contributed by atoms with Crippen LogP contribution >= 0.6 is 0 Å². The number of rotatable bonds is 15. The van der Waals surface area contributed by atoms with Gasteiger partial charge in [-0.2, -0.15) is 0 Å². The van der Waals surface area contributed by atoms with Crippen molar-refractivity contribution in [3.63, 3.8) is 0 Å². The highest BCUT2D eigenvalue weighted by atomic mass is 16.5. The highest BCUT2D eigenvalue weighted by Crippen LogP contribution is 2.11. The number of hydrogen-bond donors (Lipinski definition) is 0. The van der Waals surface area contributed by atoms with Crippen molar-refractivity contribution in [1.82, 2.24) is 4.98 Å². The Morgan fingerprint density at radius 3 is 2.32 bits per heavy atom. The molecule has 0 aromatic carbocycles. The SMILES string of the molecule is CCCCCCCCCCCC/C=C/CC(=O)OCc1cccnc1. The second-order valence-corrected chi connectivity index (χ2v) is 6.67. The normalized spacial score (nSPS) is 11.1. The molecule has 0 amide bonds. The number of hydrogen-bond acceptors (Lipinski definition) is 3. The standard InChI is InChI=1S/C22H35NO2/c1-2-3-4-5-6-7-8-9-10-11-12-13-14-17-22(24)25-20-21-16-15-18-23-19-21/h13-16,18-19H,2-12,17,20H2,1H3/b14-13+. The summed E-state index contributed by atoms with van der Waals surface area (Å²) in [6.07, 6.45) is 22.4. The number of pyridine rings is 1. The fourth-order valence-electron chi connectivity index (χ4n) is 2.75. The Morgan fingerprint density at radius 2 is 1.68 bits per heavy atom. The van der Waals surface area contributed by atoms with Crippen LogP contribution < -0.4 is 0 Å². The average molecular weight is 346 g/mol. The summed E-state index contributed by atoms with van der Waals surface area (Å²) < 4.78 is 5.20. The first-order valence-electron chi connectivity index (χ1n) is 10.0. The van der Waals surface area contributed by atoms with Gasteiger partial charge in [0.25, 0.3) is 0 Å². The quantitative estimate of drug-likeness (QED) is 0.210. The molecule has 0 saturated carbocycles. The lowest BCUT2D eigenvalue weighted by Gasteiger charge is -2.02. The molecule has 1 aromatic heterocycles. The fourth-order valence-corrected chi connectivity index (χ4v) is 2.75. The number of allylic oxidation sites excluding steroid dienone is 1. The Hall–Kier alpha value is -1.64. The van der Waals surface area contributed by atoms with E-state index in [9.17, 15) is 4.79 Å². The molecule has 0 spiro atoms. The molecule has 1 aromatic rings. The van der Waals surface area contributed by atoms with Crippen LogP contribution in [0.1, 0.15) is 89.5 Å². The predicted octanol–water partition coefficient (Wildman–Crippen LogP) is 6.38. The molecule has 1 rings (SSSR count). The number of esters is 1. The molecule has 0 N–H and O–H groups in total. The zero-order chi connectivity index (χ0) is 18.0. The van der Waals surface area contributed by atoms with Crippen LogP contribution in [0.15, 0.2) is 36.7 Å². The number of unbranched alkanes of at least 4 members (excludes halogenated alkanes) is 10. The van der Waals surface area contributed by atoms with Crippen molar-refractivity contribution in [3.8, 4) is 0 Å². The van der Waals surface area contributed by atoms with Crippen molar-refractivity contribution in [2.45, 2.75) is 90.6 Å². The molecule has 140 valence electrons. The molecule has 0 atom stereocenters. The largest absolute Gasteiger partial charge is 0.461 e. The van der Waals surface area contributed by atoms with Crippen molar-refractivity contribution in [1.29, 1.82) is 0 Å². The Labute approximate surface area is 153 Å². The lowest BCUT2D eigenvalue weighted by atomic mass is 10.1. The average Bonchev–Trinajstić information content (AvgIpc) is 2.64. The summed E-state index contributed by atoms with van der Waals surface area (Å²) in [7, 11) is 0. The maximum absolute atomic E-state index is 11.6. The lowest BCUT2D eigenvalue weighted by Crippen LogP contribution is -2.03. The van der Waals surface area contributed by atoms with E-state index in [-0.39, 0.29) is 5.97 Å². The first-order valence-corrected chi connectivity index (χ1v) is 10.0. The van der Waals surface area contributed by atoms with Gasteiger partial charge in [0.1, 0.15) is 6.61 Å². The van der Waals surface area contributed by atoms with Gasteiger partial charge in [-0.05, 0) is 18.9 Å². The van der Waals surface area contributed by atoms with Gasteiger partial charge in [-0.1, -0.05) is 82.9 Å². The van der Waals surface area contributed by atoms with Gasteiger partial charge in [0.15, 0.2) is 0 Å². The molecule has 25 heavy (non-hydrogen) atoms. The zero-order valence-corrected chi connectivity index (χ0v) is 15.9. The summed E-state index contributed by atoms with van der Waals surface area (Å²) >= 11 is 0. The minimum Gasteiger partial charge on any atom is -0.461 e. The van der Waals surface area contributed by atoms with Crippen LogP contribution in [-0.4, -0.2) is 11.0 Å². The fraction of sp³-hybridized carbons (Fsp3) is 0.636. The van der Waals surface area contributed by atoms with E-state index in [0.29, 0.717) is 13.0 Å². The van der Waals surface area contributed by atoms with Gasteiger partial charge >= 0.3 is 5.97 Å². The van der Waals surface area contributed by atoms with E-state index in [1.807, 2.05) is 18.2 Å². The number of carbonyl (C=O) groups excluding carboxylic acids is 1. The van der Waals surface area contributed by atoms with Crippen molar-refractivity contribution < 1.29 is 9.53 Å². The predicted molar refractivity (Wildman–Crippen MR) is 104 cm³/mol. The summed E-state index contributed by atoms with van der Waals surface area (Å²) in [5.41, 5.74) is 0.921. The monoisotopic (exact) mass is 345 g/mol. The lowest BCUT2D eigenvalue weighted by molar-refractivity contribution is -0.143. The molecule has 0 radical (unpaired) electrons. The minimum absolute atomic E-state index is 0.178. The van der Waals surface area contributed by atoms with Crippen molar-refractivity contribution >= 4 is 5.97 Å². The first kappa shape index (κ1) is 21.4. The molecule has 0 aliphatic heterocycles. The second-order valence-electron chi connectivity index (χ2n) is 6.67. The van der Waals surface area contributed by atoms with Crippen molar-refractivity contribution in [2.24, 2.45) is 0 Å². The van der Waals surface area contributed by atoms with Gasteiger partial charge in [0.05, 0.1) is 6.42 Å². The Kier molecular flexibility index (Phi) is 13.6. The summed E-state index contributed by atoms with van der Waals surface area (Å²) in [6.45, 7) is 2.57. The third-order valence-electron chi connectivity index (χ3n) is 4.30. The third kappa shape index (κ3) is 13.3. The molecule has 0 aliphatic carbocycles.